The minimum absolute atomic E-state index is 0.118. The smallest absolute Gasteiger partial charge is 0.170 e. The zero-order chi connectivity index (χ0) is 15.5. The Bertz CT molecular complexity index is 239. The predicted octanol–water partition coefficient (Wildman–Crippen LogP) is 5.66. The van der Waals surface area contributed by atoms with Crippen molar-refractivity contribution >= 4 is 22.6 Å². The van der Waals surface area contributed by atoms with Crippen molar-refractivity contribution < 1.29 is 39.5 Å². The topological polar surface area (TPSA) is 0 Å². The number of hydrogen-bond acceptors (Lipinski definition) is 0. The molecule has 0 aliphatic rings. The Morgan fingerprint density at radius 1 is 0.579 bits per heavy atom. The third-order valence-electron chi connectivity index (χ3n) is 2.64. The van der Waals surface area contributed by atoms with Crippen LogP contribution in [0.15, 0.2) is 0 Å². The van der Waals surface area contributed by atoms with Gasteiger partial charge < -0.3 is 0 Å². The van der Waals surface area contributed by atoms with Crippen LogP contribution < -0.4 is 0 Å². The summed E-state index contributed by atoms with van der Waals surface area (Å²) in [5.74, 6) is 0. The van der Waals surface area contributed by atoms with Crippen LogP contribution in [0.4, 0.5) is 39.5 Å². The Morgan fingerprint density at radius 3 is 1.21 bits per heavy atom. The molecule has 0 aliphatic heterocycles. The highest BCUT2D eigenvalue weighted by Gasteiger charge is 2.82. The Morgan fingerprint density at radius 2 is 0.947 bits per heavy atom. The third kappa shape index (κ3) is 4.03. The second-order valence-corrected chi connectivity index (χ2v) is 4.98. The molecule has 0 N–H and O–H groups in total. The molecule has 0 nitrogen and oxygen atoms in total. The maximum absolute atomic E-state index is 12.4. The second-order valence-electron chi connectivity index (χ2n) is 3.90. The normalized spacial score (nSPS) is 14.8. The summed E-state index contributed by atoms with van der Waals surface area (Å²) in [5.41, 5.74) is -5.64. The Labute approximate surface area is 116 Å². The highest BCUT2D eigenvalue weighted by atomic mass is 127. The van der Waals surface area contributed by atoms with Crippen LogP contribution >= 0.6 is 22.6 Å². The largest absolute Gasteiger partial charge is 0.412 e. The van der Waals surface area contributed by atoms with Crippen molar-refractivity contribution in [2.75, 3.05) is 4.43 Å². The quantitative estimate of drug-likeness (QED) is 0.235. The van der Waals surface area contributed by atoms with Crippen LogP contribution in [-0.4, -0.2) is 23.0 Å². The van der Waals surface area contributed by atoms with Gasteiger partial charge in [-0.15, -0.1) is 0 Å². The molecule has 116 valence electrons. The lowest BCUT2D eigenvalue weighted by Gasteiger charge is -2.38. The lowest BCUT2D eigenvalue weighted by atomic mass is 9.80. The monoisotopic (exact) mass is 416 g/mol. The third-order valence-corrected chi connectivity index (χ3v) is 3.40. The molecule has 0 unspecified atom stereocenters. The van der Waals surface area contributed by atoms with E-state index < -0.39 is 36.8 Å². The zero-order valence-electron chi connectivity index (χ0n) is 9.32. The van der Waals surface area contributed by atoms with Gasteiger partial charge in [-0.1, -0.05) is 35.4 Å². The van der Waals surface area contributed by atoms with Gasteiger partial charge in [-0.2, -0.15) is 39.5 Å². The van der Waals surface area contributed by atoms with Crippen molar-refractivity contribution in [3.63, 3.8) is 0 Å². The number of alkyl halides is 10. The minimum atomic E-state index is -6.42. The summed E-state index contributed by atoms with van der Waals surface area (Å²) in [6, 6.07) is 0. The van der Waals surface area contributed by atoms with Gasteiger partial charge in [-0.05, 0) is 17.3 Å². The molecule has 0 aromatic carbocycles. The van der Waals surface area contributed by atoms with Crippen molar-refractivity contribution in [2.24, 2.45) is 5.41 Å². The van der Waals surface area contributed by atoms with Crippen LogP contribution in [-0.2, 0) is 0 Å². The van der Waals surface area contributed by atoms with E-state index in [9.17, 15) is 39.5 Å². The van der Waals surface area contributed by atoms with E-state index in [2.05, 4.69) is 0 Å². The van der Waals surface area contributed by atoms with Crippen LogP contribution in [0.5, 0.6) is 0 Å². The van der Waals surface area contributed by atoms with E-state index in [-0.39, 0.29) is 12.8 Å². The van der Waals surface area contributed by atoms with Crippen LogP contribution in [0, 0.1) is 5.41 Å². The first-order valence-electron chi connectivity index (χ1n) is 5.07. The fourth-order valence-corrected chi connectivity index (χ4v) is 2.11. The average Bonchev–Trinajstić information content (AvgIpc) is 2.10. The van der Waals surface area contributed by atoms with Crippen molar-refractivity contribution in [1.82, 2.24) is 0 Å². The molecule has 0 atom stereocenters. The first kappa shape index (κ1) is 19.1. The van der Waals surface area contributed by atoms with Crippen LogP contribution in [0.25, 0.3) is 0 Å². The van der Waals surface area contributed by atoms with Gasteiger partial charge in [0.1, 0.15) is 0 Å². The maximum atomic E-state index is 12.4. The Hall–Kier alpha value is 0.100. The van der Waals surface area contributed by atoms with Crippen LogP contribution in [0.1, 0.15) is 25.7 Å². The molecule has 0 saturated heterocycles. The van der Waals surface area contributed by atoms with Gasteiger partial charge >= 0.3 is 18.5 Å². The Balaban J connectivity index is 5.44. The van der Waals surface area contributed by atoms with Gasteiger partial charge in [0.15, 0.2) is 0 Å². The van der Waals surface area contributed by atoms with Gasteiger partial charge in [0.25, 0.3) is 5.41 Å². The lowest BCUT2D eigenvalue weighted by molar-refractivity contribution is -0.429. The summed E-state index contributed by atoms with van der Waals surface area (Å²) < 4.78 is 112. The number of halogens is 10. The van der Waals surface area contributed by atoms with E-state index in [1.54, 1.807) is 0 Å². The van der Waals surface area contributed by atoms with Crippen molar-refractivity contribution in [3.8, 4) is 0 Å². The molecule has 0 amide bonds. The molecule has 19 heavy (non-hydrogen) atoms. The van der Waals surface area contributed by atoms with Gasteiger partial charge in [0, 0.05) is 0 Å². The van der Waals surface area contributed by atoms with E-state index >= 15 is 0 Å². The van der Waals surface area contributed by atoms with Gasteiger partial charge in [0.2, 0.25) is 0 Å². The van der Waals surface area contributed by atoms with Crippen molar-refractivity contribution in [3.05, 3.63) is 0 Å². The molecule has 0 fully saturated rings. The summed E-state index contributed by atoms with van der Waals surface area (Å²) in [6.07, 6.45) is -21.9. The molecule has 0 aliphatic carbocycles. The molecule has 0 heterocycles. The lowest BCUT2D eigenvalue weighted by Crippen LogP contribution is -2.59. The number of unbranched alkanes of at least 4 members (excludes halogenated alkanes) is 2. The van der Waals surface area contributed by atoms with Gasteiger partial charge in [-0.25, -0.2) is 0 Å². The first-order chi connectivity index (χ1) is 8.31. The second kappa shape index (κ2) is 6.25. The van der Waals surface area contributed by atoms with E-state index in [0.717, 1.165) is 0 Å². The highest BCUT2D eigenvalue weighted by Crippen LogP contribution is 2.61. The standard InChI is InChI=1S/C9H10F9I/c10-7(11,12)6(8(13,14)15,9(16,17)18)4-2-1-3-5-19/h1-5H2. The molecule has 10 heteroatoms. The summed E-state index contributed by atoms with van der Waals surface area (Å²) in [6.45, 7) is 0. The van der Waals surface area contributed by atoms with Crippen molar-refractivity contribution in [2.45, 2.75) is 44.2 Å². The fraction of sp³-hybridized carbons (Fsp3) is 1.00. The molecule has 0 rings (SSSR count). The van der Waals surface area contributed by atoms with E-state index in [0.29, 0.717) is 4.43 Å². The highest BCUT2D eigenvalue weighted by molar-refractivity contribution is 14.1. The van der Waals surface area contributed by atoms with E-state index in [1.165, 1.54) is 0 Å². The zero-order valence-corrected chi connectivity index (χ0v) is 11.5. The molecule has 0 saturated carbocycles. The molecule has 0 aromatic heterocycles. The summed E-state index contributed by atoms with van der Waals surface area (Å²) in [5, 5.41) is 0. The molecule has 0 spiro atoms. The number of rotatable bonds is 5. The van der Waals surface area contributed by atoms with E-state index in [1.807, 2.05) is 22.6 Å². The summed E-state index contributed by atoms with van der Waals surface area (Å²) in [4.78, 5) is 0. The molecule has 0 aromatic rings. The maximum Gasteiger partial charge on any atom is 0.412 e. The molecule has 0 bridgehead atoms. The molecule has 0 radical (unpaired) electrons. The summed E-state index contributed by atoms with van der Waals surface area (Å²) in [7, 11) is 0. The Kier molecular flexibility index (Phi) is 6.28. The predicted molar refractivity (Wildman–Crippen MR) is 58.0 cm³/mol. The van der Waals surface area contributed by atoms with Crippen LogP contribution in [0.3, 0.4) is 0 Å². The molecular weight excluding hydrogens is 406 g/mol. The fourth-order valence-electron chi connectivity index (χ4n) is 1.57. The molecular formula is C9H10F9I. The van der Waals surface area contributed by atoms with E-state index in [4.69, 9.17) is 0 Å². The van der Waals surface area contributed by atoms with Gasteiger partial charge in [-0.3, -0.25) is 0 Å². The minimum Gasteiger partial charge on any atom is -0.170 e. The SMILES string of the molecule is FC(F)(F)C(CCCCCI)(C(F)(F)F)C(F)(F)F. The number of hydrogen-bond donors (Lipinski definition) is 0. The average molecular weight is 416 g/mol. The van der Waals surface area contributed by atoms with Crippen LogP contribution in [0.2, 0.25) is 0 Å². The van der Waals surface area contributed by atoms with Crippen molar-refractivity contribution in [1.29, 1.82) is 0 Å². The van der Waals surface area contributed by atoms with Gasteiger partial charge in [0.05, 0.1) is 0 Å². The summed E-state index contributed by atoms with van der Waals surface area (Å²) >= 11 is 1.83. The first-order valence-corrected chi connectivity index (χ1v) is 6.60.